The summed E-state index contributed by atoms with van der Waals surface area (Å²) in [7, 11) is 1.60. The van der Waals surface area contributed by atoms with Gasteiger partial charge in [-0.2, -0.15) is 5.10 Å². The first-order valence-corrected chi connectivity index (χ1v) is 14.2. The lowest BCUT2D eigenvalue weighted by molar-refractivity contribution is 0.0729. The van der Waals surface area contributed by atoms with Crippen LogP contribution in [-0.2, 0) is 19.4 Å². The van der Waals surface area contributed by atoms with Gasteiger partial charge in [0.05, 0.1) is 24.1 Å². The minimum absolute atomic E-state index is 0.0554. The van der Waals surface area contributed by atoms with Crippen molar-refractivity contribution in [3.8, 4) is 5.69 Å². The van der Waals surface area contributed by atoms with E-state index in [2.05, 4.69) is 21.2 Å². The van der Waals surface area contributed by atoms with Crippen LogP contribution in [0.4, 0.5) is 0 Å². The molecule has 2 aromatic heterocycles. The normalized spacial score (nSPS) is 15.2. The zero-order valence-corrected chi connectivity index (χ0v) is 23.6. The molecule has 200 valence electrons. The molecule has 1 aliphatic carbocycles. The Morgan fingerprint density at radius 2 is 1.85 bits per heavy atom. The molecule has 2 aliphatic rings. The molecule has 3 heterocycles. The fraction of sp³-hybridized carbons (Fsp3) is 0.333. The van der Waals surface area contributed by atoms with Gasteiger partial charge in [0.1, 0.15) is 5.65 Å². The molecular weight excluding hydrogens is 558 g/mol. The van der Waals surface area contributed by atoms with E-state index in [4.69, 9.17) is 5.10 Å². The highest BCUT2D eigenvalue weighted by Gasteiger charge is 2.30. The molecule has 8 nitrogen and oxygen atoms in total. The number of benzene rings is 2. The Bertz CT molecular complexity index is 1670. The summed E-state index contributed by atoms with van der Waals surface area (Å²) in [4.78, 5) is 41.4. The number of nitrogens with one attached hydrogen (secondary N) is 1. The van der Waals surface area contributed by atoms with Crippen LogP contribution >= 0.6 is 15.9 Å². The summed E-state index contributed by atoms with van der Waals surface area (Å²) < 4.78 is 4.57. The molecule has 0 bridgehead atoms. The van der Waals surface area contributed by atoms with Crippen molar-refractivity contribution in [1.29, 1.82) is 0 Å². The van der Waals surface area contributed by atoms with E-state index in [0.717, 1.165) is 33.4 Å². The number of carbonyl (C=O) groups excluding carboxylic acids is 2. The Kier molecular flexibility index (Phi) is 6.62. The number of nitrogens with zero attached hydrogens (tertiary/aromatic N) is 4. The lowest BCUT2D eigenvalue weighted by Gasteiger charge is -2.30. The van der Waals surface area contributed by atoms with Crippen molar-refractivity contribution >= 4 is 33.4 Å². The summed E-state index contributed by atoms with van der Waals surface area (Å²) in [5.74, 6) is 0.359. The number of halogens is 1. The molecule has 2 aromatic carbocycles. The van der Waals surface area contributed by atoms with Gasteiger partial charge in [-0.05, 0) is 73.7 Å². The first-order chi connectivity index (χ1) is 18.9. The number of aryl methyl sites for hydroxylation is 1. The topological polar surface area (TPSA) is 88.7 Å². The SMILES string of the molecule is CNC(=O)c1ccc(-n2c(=O)c3c(n4ncc(CC5CCC5)c24)CN(C(=O)c2ccc(Br)c(C)c2)CC3)cc1. The molecule has 39 heavy (non-hydrogen) atoms. The number of fused-ring (bicyclic) bond motifs is 3. The van der Waals surface area contributed by atoms with Crippen LogP contribution in [0.2, 0.25) is 0 Å². The van der Waals surface area contributed by atoms with Gasteiger partial charge in [-0.1, -0.05) is 35.2 Å². The highest BCUT2D eigenvalue weighted by atomic mass is 79.9. The van der Waals surface area contributed by atoms with Gasteiger partial charge in [0.15, 0.2) is 0 Å². The van der Waals surface area contributed by atoms with E-state index >= 15 is 0 Å². The molecule has 2 amide bonds. The maximum atomic E-state index is 14.1. The second kappa shape index (κ2) is 10.1. The van der Waals surface area contributed by atoms with Gasteiger partial charge in [0.2, 0.25) is 0 Å². The van der Waals surface area contributed by atoms with Crippen molar-refractivity contribution in [3.63, 3.8) is 0 Å². The first-order valence-electron chi connectivity index (χ1n) is 13.4. The van der Waals surface area contributed by atoms with E-state index in [9.17, 15) is 14.4 Å². The van der Waals surface area contributed by atoms with Gasteiger partial charge >= 0.3 is 0 Å². The van der Waals surface area contributed by atoms with E-state index in [0.29, 0.717) is 47.8 Å². The fourth-order valence-electron chi connectivity index (χ4n) is 5.65. The standard InChI is InChI=1S/C30H30BrN5O3/c1-18-14-21(8-11-25(18)31)29(38)34-13-12-24-26(17-34)36-28(22(16-33-36)15-19-4-3-5-19)35(30(24)39)23-9-6-20(7-10-23)27(37)32-2/h6-11,14,16,19H,3-5,12-13,15,17H2,1-2H3,(H,32,37). The summed E-state index contributed by atoms with van der Waals surface area (Å²) in [6.07, 6.45) is 6.78. The molecule has 4 aromatic rings. The average Bonchev–Trinajstić information content (AvgIpc) is 3.35. The third kappa shape index (κ3) is 4.48. The molecule has 6 rings (SSSR count). The number of hydrogen-bond acceptors (Lipinski definition) is 4. The molecule has 1 fully saturated rings. The molecule has 0 atom stereocenters. The van der Waals surface area contributed by atoms with Crippen LogP contribution in [-0.4, -0.2) is 44.5 Å². The molecule has 0 spiro atoms. The third-order valence-corrected chi connectivity index (χ3v) is 9.00. The Labute approximate surface area is 234 Å². The van der Waals surface area contributed by atoms with Crippen molar-refractivity contribution in [2.75, 3.05) is 13.6 Å². The second-order valence-corrected chi connectivity index (χ2v) is 11.4. The van der Waals surface area contributed by atoms with Crippen LogP contribution in [0.1, 0.15) is 62.4 Å². The van der Waals surface area contributed by atoms with Gasteiger partial charge in [0.25, 0.3) is 17.4 Å². The van der Waals surface area contributed by atoms with Crippen LogP contribution in [0.3, 0.4) is 0 Å². The van der Waals surface area contributed by atoms with Crippen LogP contribution in [0, 0.1) is 12.8 Å². The predicted octanol–water partition coefficient (Wildman–Crippen LogP) is 4.46. The maximum Gasteiger partial charge on any atom is 0.261 e. The number of rotatable bonds is 5. The molecule has 0 saturated heterocycles. The smallest absolute Gasteiger partial charge is 0.261 e. The van der Waals surface area contributed by atoms with Crippen molar-refractivity contribution in [2.24, 2.45) is 5.92 Å². The number of aromatic nitrogens is 3. The van der Waals surface area contributed by atoms with Gasteiger partial charge in [-0.25, -0.2) is 4.52 Å². The predicted molar refractivity (Wildman–Crippen MR) is 153 cm³/mol. The lowest BCUT2D eigenvalue weighted by Crippen LogP contribution is -2.41. The van der Waals surface area contributed by atoms with Gasteiger partial charge in [-0.3, -0.25) is 19.0 Å². The molecule has 1 N–H and O–H groups in total. The number of carbonyl (C=O) groups is 2. The lowest BCUT2D eigenvalue weighted by atomic mass is 9.81. The molecule has 1 saturated carbocycles. The first kappa shape index (κ1) is 25.6. The monoisotopic (exact) mass is 587 g/mol. The zero-order chi connectivity index (χ0) is 27.3. The molecule has 9 heteroatoms. The van der Waals surface area contributed by atoms with Crippen LogP contribution in [0.5, 0.6) is 0 Å². The maximum absolute atomic E-state index is 14.1. The molecule has 0 unspecified atom stereocenters. The van der Waals surface area contributed by atoms with Crippen molar-refractivity contribution < 1.29 is 9.59 Å². The van der Waals surface area contributed by atoms with Gasteiger partial charge in [0, 0.05) is 40.3 Å². The molecular formula is C30H30BrN5O3. The number of hydrogen-bond donors (Lipinski definition) is 1. The van der Waals surface area contributed by atoms with Crippen molar-refractivity contribution in [2.45, 2.75) is 45.6 Å². The summed E-state index contributed by atoms with van der Waals surface area (Å²) in [6.45, 7) is 2.73. The summed E-state index contributed by atoms with van der Waals surface area (Å²) in [5.41, 5.74) is 5.98. The Morgan fingerprint density at radius 1 is 1.10 bits per heavy atom. The fourth-order valence-corrected chi connectivity index (χ4v) is 5.89. The van der Waals surface area contributed by atoms with E-state index < -0.39 is 0 Å². The second-order valence-electron chi connectivity index (χ2n) is 10.5. The quantitative estimate of drug-likeness (QED) is 0.373. The van der Waals surface area contributed by atoms with Crippen molar-refractivity contribution in [1.82, 2.24) is 24.4 Å². The highest BCUT2D eigenvalue weighted by molar-refractivity contribution is 9.10. The highest BCUT2D eigenvalue weighted by Crippen LogP contribution is 2.32. The Morgan fingerprint density at radius 3 is 2.51 bits per heavy atom. The average molecular weight is 589 g/mol. The Hall–Kier alpha value is -3.72. The van der Waals surface area contributed by atoms with E-state index in [-0.39, 0.29) is 17.4 Å². The molecule has 1 aliphatic heterocycles. The van der Waals surface area contributed by atoms with E-state index in [1.54, 1.807) is 28.6 Å². The van der Waals surface area contributed by atoms with E-state index in [1.807, 2.05) is 48.0 Å². The summed E-state index contributed by atoms with van der Waals surface area (Å²) in [6, 6.07) is 12.7. The zero-order valence-electron chi connectivity index (χ0n) is 22.0. The van der Waals surface area contributed by atoms with Crippen LogP contribution < -0.4 is 10.9 Å². The minimum atomic E-state index is -0.176. The minimum Gasteiger partial charge on any atom is -0.355 e. The Balaban J connectivity index is 1.45. The van der Waals surface area contributed by atoms with Crippen LogP contribution in [0.15, 0.2) is 57.9 Å². The van der Waals surface area contributed by atoms with Gasteiger partial charge in [-0.15, -0.1) is 0 Å². The van der Waals surface area contributed by atoms with E-state index in [1.165, 1.54) is 19.3 Å². The third-order valence-electron chi connectivity index (χ3n) is 8.11. The summed E-state index contributed by atoms with van der Waals surface area (Å²) in [5, 5.41) is 7.41. The largest absolute Gasteiger partial charge is 0.355 e. The van der Waals surface area contributed by atoms with Gasteiger partial charge < -0.3 is 10.2 Å². The summed E-state index contributed by atoms with van der Waals surface area (Å²) >= 11 is 3.51. The van der Waals surface area contributed by atoms with Crippen molar-refractivity contribution in [3.05, 3.63) is 97.0 Å². The van der Waals surface area contributed by atoms with Crippen LogP contribution in [0.25, 0.3) is 11.3 Å². The molecule has 0 radical (unpaired) electrons. The number of amides is 2.